The molecule has 6 nitrogen and oxygen atoms in total. The number of sulfonamides is 1. The van der Waals surface area contributed by atoms with Gasteiger partial charge in [0.1, 0.15) is 4.21 Å². The molecule has 27 heavy (non-hydrogen) atoms. The predicted molar refractivity (Wildman–Crippen MR) is 126 cm³/mol. The molecule has 0 spiro atoms. The standard InChI is InChI=1S/C17H26N4O2S3.HI/c1-12(10-14-7-6-13(2)24-14)20-17(18-3)19-11-15-8-9-16(25-15)26(22,23)21(4)5;/h6-9,12H,10-11H2,1-5H3,(H2,18,19,20);1H. The first-order chi connectivity index (χ1) is 12.2. The fourth-order valence-electron chi connectivity index (χ4n) is 2.32. The summed E-state index contributed by atoms with van der Waals surface area (Å²) < 4.78 is 25.9. The molecule has 2 heterocycles. The Bertz CT molecular complexity index is 859. The fraction of sp³-hybridized carbons (Fsp3) is 0.471. The summed E-state index contributed by atoms with van der Waals surface area (Å²) in [5.41, 5.74) is 0. The van der Waals surface area contributed by atoms with Crippen LogP contribution in [0.1, 0.15) is 21.6 Å². The van der Waals surface area contributed by atoms with E-state index in [1.165, 1.54) is 39.5 Å². The molecule has 152 valence electrons. The van der Waals surface area contributed by atoms with Crippen molar-refractivity contribution < 1.29 is 8.42 Å². The van der Waals surface area contributed by atoms with Gasteiger partial charge in [-0.2, -0.15) is 0 Å². The minimum atomic E-state index is -3.37. The third kappa shape index (κ3) is 7.00. The van der Waals surface area contributed by atoms with Crippen molar-refractivity contribution in [3.63, 3.8) is 0 Å². The third-order valence-corrected chi connectivity index (χ3v) is 8.10. The highest BCUT2D eigenvalue weighted by Gasteiger charge is 2.19. The Hall–Kier alpha value is -0.690. The number of nitrogens with zero attached hydrogens (tertiary/aromatic N) is 2. The second-order valence-electron chi connectivity index (χ2n) is 6.20. The van der Waals surface area contributed by atoms with Crippen LogP contribution in [-0.2, 0) is 23.0 Å². The molecule has 2 N–H and O–H groups in total. The van der Waals surface area contributed by atoms with E-state index in [1.54, 1.807) is 13.1 Å². The van der Waals surface area contributed by atoms with Crippen LogP contribution in [0.2, 0.25) is 0 Å². The fourth-order valence-corrected chi connectivity index (χ4v) is 5.80. The van der Waals surface area contributed by atoms with E-state index in [1.807, 2.05) is 17.4 Å². The lowest BCUT2D eigenvalue weighted by Gasteiger charge is -2.17. The third-order valence-electron chi connectivity index (χ3n) is 3.71. The normalized spacial score (nSPS) is 13.3. The van der Waals surface area contributed by atoms with Gasteiger partial charge in [0.05, 0.1) is 6.54 Å². The van der Waals surface area contributed by atoms with E-state index >= 15 is 0 Å². The molecule has 0 saturated heterocycles. The van der Waals surface area contributed by atoms with E-state index in [4.69, 9.17) is 0 Å². The molecule has 1 unspecified atom stereocenters. The zero-order valence-electron chi connectivity index (χ0n) is 16.1. The van der Waals surface area contributed by atoms with Gasteiger partial charge in [0.2, 0.25) is 0 Å². The molecule has 0 bridgehead atoms. The molecule has 0 saturated carbocycles. The Kier molecular flexibility index (Phi) is 9.69. The Balaban J connectivity index is 0.00000364. The van der Waals surface area contributed by atoms with Gasteiger partial charge >= 0.3 is 0 Å². The maximum absolute atomic E-state index is 12.1. The molecule has 1 atom stereocenters. The first-order valence-corrected chi connectivity index (χ1v) is 11.3. The van der Waals surface area contributed by atoms with Gasteiger partial charge in [0.25, 0.3) is 10.0 Å². The van der Waals surface area contributed by atoms with E-state index in [2.05, 4.69) is 41.6 Å². The number of aryl methyl sites for hydroxylation is 1. The van der Waals surface area contributed by atoms with Gasteiger partial charge in [-0.25, -0.2) is 12.7 Å². The minimum Gasteiger partial charge on any atom is -0.354 e. The number of nitrogens with one attached hydrogen (secondary N) is 2. The Morgan fingerprint density at radius 3 is 2.41 bits per heavy atom. The lowest BCUT2D eigenvalue weighted by atomic mass is 10.2. The van der Waals surface area contributed by atoms with Crippen molar-refractivity contribution in [2.24, 2.45) is 4.99 Å². The second-order valence-corrected chi connectivity index (χ2v) is 11.1. The quantitative estimate of drug-likeness (QED) is 0.320. The van der Waals surface area contributed by atoms with E-state index in [0.717, 1.165) is 11.3 Å². The van der Waals surface area contributed by atoms with Crippen LogP contribution in [0, 0.1) is 6.92 Å². The Morgan fingerprint density at radius 2 is 1.85 bits per heavy atom. The van der Waals surface area contributed by atoms with Crippen LogP contribution in [0.4, 0.5) is 0 Å². The summed E-state index contributed by atoms with van der Waals surface area (Å²) in [7, 11) is 1.43. The second kappa shape index (κ2) is 10.7. The van der Waals surface area contributed by atoms with Gasteiger partial charge < -0.3 is 10.6 Å². The average Bonchev–Trinajstić information content (AvgIpc) is 3.20. The van der Waals surface area contributed by atoms with Crippen molar-refractivity contribution in [3.05, 3.63) is 38.9 Å². The topological polar surface area (TPSA) is 73.8 Å². The van der Waals surface area contributed by atoms with Crippen molar-refractivity contribution in [2.45, 2.75) is 37.1 Å². The largest absolute Gasteiger partial charge is 0.354 e. The first kappa shape index (κ1) is 24.3. The predicted octanol–water partition coefficient (Wildman–Crippen LogP) is 3.28. The Morgan fingerprint density at radius 1 is 1.19 bits per heavy atom. The highest BCUT2D eigenvalue weighted by Crippen LogP contribution is 2.23. The zero-order valence-corrected chi connectivity index (χ0v) is 20.9. The van der Waals surface area contributed by atoms with Crippen LogP contribution in [0.25, 0.3) is 0 Å². The molecule has 2 aromatic rings. The molecule has 0 radical (unpaired) electrons. The molecule has 2 aromatic heterocycles. The molecular weight excluding hydrogens is 515 g/mol. The maximum Gasteiger partial charge on any atom is 0.252 e. The number of aliphatic imine (C=N–C) groups is 1. The van der Waals surface area contributed by atoms with Gasteiger partial charge in [-0.1, -0.05) is 0 Å². The summed E-state index contributed by atoms with van der Waals surface area (Å²) >= 11 is 3.08. The van der Waals surface area contributed by atoms with Crippen LogP contribution in [0.3, 0.4) is 0 Å². The average molecular weight is 543 g/mol. The van der Waals surface area contributed by atoms with Gasteiger partial charge in [-0.05, 0) is 38.1 Å². The summed E-state index contributed by atoms with van der Waals surface area (Å²) in [4.78, 5) is 7.85. The van der Waals surface area contributed by atoms with Crippen LogP contribution < -0.4 is 10.6 Å². The zero-order chi connectivity index (χ0) is 19.3. The smallest absolute Gasteiger partial charge is 0.252 e. The summed E-state index contributed by atoms with van der Waals surface area (Å²) in [5.74, 6) is 0.705. The summed E-state index contributed by atoms with van der Waals surface area (Å²) in [5, 5.41) is 6.62. The number of hydrogen-bond donors (Lipinski definition) is 2. The van der Waals surface area contributed by atoms with Crippen molar-refractivity contribution in [2.75, 3.05) is 21.1 Å². The van der Waals surface area contributed by atoms with Crippen molar-refractivity contribution in [3.8, 4) is 0 Å². The highest BCUT2D eigenvalue weighted by molar-refractivity contribution is 14.0. The lowest BCUT2D eigenvalue weighted by molar-refractivity contribution is 0.523. The highest BCUT2D eigenvalue weighted by atomic mass is 127. The maximum atomic E-state index is 12.1. The molecule has 2 rings (SSSR count). The van der Waals surface area contributed by atoms with E-state index in [-0.39, 0.29) is 30.0 Å². The SMILES string of the molecule is CN=C(NCc1ccc(S(=O)(=O)N(C)C)s1)NC(C)Cc1ccc(C)s1.I. The molecule has 10 heteroatoms. The summed E-state index contributed by atoms with van der Waals surface area (Å²) in [6.45, 7) is 4.76. The summed E-state index contributed by atoms with van der Waals surface area (Å²) in [6.07, 6.45) is 0.934. The van der Waals surface area contributed by atoms with Gasteiger partial charge in [0, 0.05) is 48.2 Å². The minimum absolute atomic E-state index is 0. The summed E-state index contributed by atoms with van der Waals surface area (Å²) in [6, 6.07) is 8.02. The molecule has 0 aliphatic heterocycles. The van der Waals surface area contributed by atoms with E-state index in [0.29, 0.717) is 16.7 Å². The van der Waals surface area contributed by atoms with Crippen LogP contribution in [-0.4, -0.2) is 45.9 Å². The number of thiophene rings is 2. The number of halogens is 1. The van der Waals surface area contributed by atoms with E-state index in [9.17, 15) is 8.42 Å². The molecule has 0 aliphatic rings. The monoisotopic (exact) mass is 542 g/mol. The Labute approximate surface area is 187 Å². The van der Waals surface area contributed by atoms with Crippen molar-refractivity contribution >= 4 is 62.6 Å². The van der Waals surface area contributed by atoms with Gasteiger partial charge in [0.15, 0.2) is 5.96 Å². The number of hydrogen-bond acceptors (Lipinski definition) is 5. The number of rotatable bonds is 7. The molecular formula is C17H27IN4O2S3. The molecule has 0 amide bonds. The van der Waals surface area contributed by atoms with Gasteiger partial charge in [-0.3, -0.25) is 4.99 Å². The lowest BCUT2D eigenvalue weighted by Crippen LogP contribution is -2.42. The molecule has 0 aromatic carbocycles. The molecule has 0 fully saturated rings. The van der Waals surface area contributed by atoms with Crippen LogP contribution >= 0.6 is 46.7 Å². The van der Waals surface area contributed by atoms with Gasteiger partial charge in [-0.15, -0.1) is 46.7 Å². The van der Waals surface area contributed by atoms with Crippen molar-refractivity contribution in [1.29, 1.82) is 0 Å². The first-order valence-electron chi connectivity index (χ1n) is 8.26. The van der Waals surface area contributed by atoms with Crippen molar-refractivity contribution in [1.82, 2.24) is 14.9 Å². The molecule has 0 aliphatic carbocycles. The van der Waals surface area contributed by atoms with Crippen LogP contribution in [0.5, 0.6) is 0 Å². The van der Waals surface area contributed by atoms with E-state index < -0.39 is 10.0 Å². The van der Waals surface area contributed by atoms with Crippen LogP contribution in [0.15, 0.2) is 33.5 Å². The number of guanidine groups is 1.